The third-order valence-corrected chi connectivity index (χ3v) is 5.03. The first-order valence-corrected chi connectivity index (χ1v) is 8.19. The number of nitrogens with zero attached hydrogens (tertiary/aromatic N) is 4. The molecule has 2 aromatic rings. The summed E-state index contributed by atoms with van der Waals surface area (Å²) in [7, 11) is 0. The van der Waals surface area contributed by atoms with Gasteiger partial charge in [-0.25, -0.2) is 0 Å². The molecule has 5 heteroatoms. The van der Waals surface area contributed by atoms with E-state index in [1.165, 1.54) is 0 Å². The van der Waals surface area contributed by atoms with Gasteiger partial charge >= 0.3 is 0 Å². The first-order valence-electron chi connectivity index (χ1n) is 8.69. The molecule has 0 unspecified atom stereocenters. The van der Waals surface area contributed by atoms with Gasteiger partial charge in [-0.2, -0.15) is 5.26 Å². The van der Waals surface area contributed by atoms with Crippen LogP contribution in [0.1, 0.15) is 13.9 Å². The maximum Gasteiger partial charge on any atom is 0.101 e. The second kappa shape index (κ2) is 5.80. The topological polar surface area (TPSA) is 55.2 Å². The van der Waals surface area contributed by atoms with Crippen molar-refractivity contribution in [2.45, 2.75) is 19.0 Å². The average Bonchev–Trinajstić information content (AvgIpc) is 2.60. The zero-order chi connectivity index (χ0) is 16.7. The maximum absolute atomic E-state index is 9.34. The fraction of sp³-hybridized carbons (Fsp3) is 0.444. The molecule has 2 aliphatic heterocycles. The van der Waals surface area contributed by atoms with Crippen molar-refractivity contribution in [2.75, 3.05) is 37.6 Å². The molecule has 2 atom stereocenters. The van der Waals surface area contributed by atoms with Crippen molar-refractivity contribution in [3.8, 4) is 6.07 Å². The van der Waals surface area contributed by atoms with Gasteiger partial charge < -0.3 is 10.2 Å². The summed E-state index contributed by atoms with van der Waals surface area (Å²) in [5.74, 6) is 0. The van der Waals surface area contributed by atoms with Crippen LogP contribution < -0.4 is 10.2 Å². The van der Waals surface area contributed by atoms with Crippen LogP contribution in [0.15, 0.2) is 30.4 Å². The van der Waals surface area contributed by atoms with Crippen molar-refractivity contribution in [1.82, 2.24) is 15.2 Å². The van der Waals surface area contributed by atoms with Crippen molar-refractivity contribution >= 4 is 16.6 Å². The Bertz CT molecular complexity index is 815. The van der Waals surface area contributed by atoms with Gasteiger partial charge in [-0.15, -0.1) is 0 Å². The number of nitrogens with one attached hydrogen (secondary N) is 1. The molecule has 2 fully saturated rings. The molecule has 0 bridgehead atoms. The summed E-state index contributed by atoms with van der Waals surface area (Å²) in [6.07, 6.45) is 0.200. The number of piperazine rings is 2. The average molecular weight is 308 g/mol. The van der Waals surface area contributed by atoms with E-state index in [1.54, 1.807) is 6.07 Å². The lowest BCUT2D eigenvalue weighted by molar-refractivity contribution is 0.0971. The quantitative estimate of drug-likeness (QED) is 0.867. The van der Waals surface area contributed by atoms with E-state index in [0.29, 0.717) is 23.2 Å². The largest absolute Gasteiger partial charge is 0.368 e. The molecule has 4 rings (SSSR count). The first-order chi connectivity index (χ1) is 11.7. The summed E-state index contributed by atoms with van der Waals surface area (Å²) in [6, 6.07) is 10.7. The van der Waals surface area contributed by atoms with Gasteiger partial charge in [-0.3, -0.25) is 9.88 Å². The van der Waals surface area contributed by atoms with E-state index in [1.807, 2.05) is 18.2 Å². The smallest absolute Gasteiger partial charge is 0.101 e. The molecule has 5 nitrogen and oxygen atoms in total. The molecule has 0 saturated carbocycles. The van der Waals surface area contributed by atoms with E-state index >= 15 is 0 Å². The number of aromatic nitrogens is 1. The second-order valence-electron chi connectivity index (χ2n) is 6.43. The summed E-state index contributed by atoms with van der Waals surface area (Å²) >= 11 is 0. The first kappa shape index (κ1) is 13.3. The minimum absolute atomic E-state index is 0.200. The third kappa shape index (κ3) is 2.44. The minimum atomic E-state index is 0.200. The number of benzene rings is 1. The Labute approximate surface area is 137 Å². The zero-order valence-electron chi connectivity index (χ0n) is 14.3. The summed E-state index contributed by atoms with van der Waals surface area (Å²) in [5.41, 5.74) is 2.29. The SMILES string of the molecule is [2H]c1ccc2c(N3C[C@@H]4CNCCN4[C@@H](C)C3)ccc(C#N)c2n1. The Balaban J connectivity index is 1.75. The van der Waals surface area contributed by atoms with E-state index in [2.05, 4.69) is 33.1 Å². The molecular weight excluding hydrogens is 286 g/mol. The molecule has 2 saturated heterocycles. The predicted octanol–water partition coefficient (Wildman–Crippen LogP) is 1.59. The van der Waals surface area contributed by atoms with Crippen molar-refractivity contribution in [3.63, 3.8) is 0 Å². The standard InChI is InChI=1S/C18H21N5/c1-13-11-22(12-15-10-20-7-8-23(13)15)17-5-4-14(9-19)18-16(17)3-2-6-21-18/h2-6,13,15,20H,7-8,10-12H2,1H3/t13-,15-/m0/s1/i6D. The highest BCUT2D eigenvalue weighted by molar-refractivity contribution is 5.95. The number of nitriles is 1. The normalized spacial score (nSPS) is 25.7. The summed E-state index contributed by atoms with van der Waals surface area (Å²) < 4.78 is 7.77. The van der Waals surface area contributed by atoms with Gasteiger partial charge in [-0.1, -0.05) is 0 Å². The third-order valence-electron chi connectivity index (χ3n) is 5.03. The molecule has 3 heterocycles. The highest BCUT2D eigenvalue weighted by atomic mass is 15.3. The molecular formula is C18H21N5. The zero-order valence-corrected chi connectivity index (χ0v) is 13.3. The minimum Gasteiger partial charge on any atom is -0.368 e. The van der Waals surface area contributed by atoms with E-state index < -0.39 is 0 Å². The van der Waals surface area contributed by atoms with Crippen LogP contribution >= 0.6 is 0 Å². The molecule has 1 aromatic carbocycles. The van der Waals surface area contributed by atoms with Crippen molar-refractivity contribution in [1.29, 1.82) is 5.26 Å². The molecule has 0 aliphatic carbocycles. The Morgan fingerprint density at radius 2 is 2.30 bits per heavy atom. The lowest BCUT2D eigenvalue weighted by atomic mass is 10.0. The molecule has 23 heavy (non-hydrogen) atoms. The molecule has 118 valence electrons. The van der Waals surface area contributed by atoms with Crippen LogP contribution in [-0.2, 0) is 0 Å². The van der Waals surface area contributed by atoms with Crippen LogP contribution in [0, 0.1) is 11.3 Å². The highest BCUT2D eigenvalue weighted by Crippen LogP contribution is 2.31. The predicted molar refractivity (Wildman–Crippen MR) is 91.5 cm³/mol. The van der Waals surface area contributed by atoms with Crippen LogP contribution in [0.2, 0.25) is 0 Å². The Morgan fingerprint density at radius 3 is 3.17 bits per heavy atom. The molecule has 0 spiro atoms. The lowest BCUT2D eigenvalue weighted by Crippen LogP contribution is -2.64. The molecule has 0 radical (unpaired) electrons. The van der Waals surface area contributed by atoms with E-state index in [-0.39, 0.29) is 6.17 Å². The molecule has 1 aromatic heterocycles. The van der Waals surface area contributed by atoms with Crippen LogP contribution in [0.25, 0.3) is 10.9 Å². The van der Waals surface area contributed by atoms with Crippen molar-refractivity contribution < 1.29 is 1.37 Å². The molecule has 2 aliphatic rings. The summed E-state index contributed by atoms with van der Waals surface area (Å²) in [6.45, 7) is 7.43. The number of pyridine rings is 1. The van der Waals surface area contributed by atoms with Crippen LogP contribution in [0.5, 0.6) is 0 Å². The van der Waals surface area contributed by atoms with Gasteiger partial charge in [0, 0.05) is 62.1 Å². The fourth-order valence-corrected chi connectivity index (χ4v) is 3.95. The fourth-order valence-electron chi connectivity index (χ4n) is 3.95. The van der Waals surface area contributed by atoms with Gasteiger partial charge in [0.2, 0.25) is 0 Å². The van der Waals surface area contributed by atoms with Gasteiger partial charge in [0.1, 0.15) is 6.07 Å². The number of anilines is 1. The monoisotopic (exact) mass is 308 g/mol. The molecule has 0 amide bonds. The second-order valence-corrected chi connectivity index (χ2v) is 6.43. The van der Waals surface area contributed by atoms with Crippen LogP contribution in [0.4, 0.5) is 5.69 Å². The highest BCUT2D eigenvalue weighted by Gasteiger charge is 2.34. The Morgan fingerprint density at radius 1 is 1.39 bits per heavy atom. The van der Waals surface area contributed by atoms with Gasteiger partial charge in [0.15, 0.2) is 0 Å². The Hall–Kier alpha value is -2.16. The van der Waals surface area contributed by atoms with Gasteiger partial charge in [0.25, 0.3) is 0 Å². The van der Waals surface area contributed by atoms with Gasteiger partial charge in [0.05, 0.1) is 12.5 Å². The van der Waals surface area contributed by atoms with Crippen molar-refractivity contribution in [2.24, 2.45) is 0 Å². The number of hydrogen-bond acceptors (Lipinski definition) is 5. The van der Waals surface area contributed by atoms with Crippen LogP contribution in [0.3, 0.4) is 0 Å². The van der Waals surface area contributed by atoms with Crippen molar-refractivity contribution in [3.05, 3.63) is 36.0 Å². The van der Waals surface area contributed by atoms with E-state index in [4.69, 9.17) is 1.37 Å². The number of rotatable bonds is 1. The Kier molecular flexibility index (Phi) is 3.35. The van der Waals surface area contributed by atoms with E-state index in [0.717, 1.165) is 43.8 Å². The van der Waals surface area contributed by atoms with E-state index in [9.17, 15) is 5.26 Å². The van der Waals surface area contributed by atoms with Crippen LogP contribution in [-0.4, -0.2) is 54.7 Å². The maximum atomic E-state index is 9.34. The lowest BCUT2D eigenvalue weighted by Gasteiger charge is -2.49. The summed E-state index contributed by atoms with van der Waals surface area (Å²) in [5, 5.41) is 13.8. The number of fused-ring (bicyclic) bond motifs is 2. The molecule has 1 N–H and O–H groups in total. The summed E-state index contributed by atoms with van der Waals surface area (Å²) in [4.78, 5) is 9.30. The van der Waals surface area contributed by atoms with Gasteiger partial charge in [-0.05, 0) is 31.2 Å². The number of hydrogen-bond donors (Lipinski definition) is 1.